The lowest BCUT2D eigenvalue weighted by Crippen LogP contribution is -2.49. The van der Waals surface area contributed by atoms with Gasteiger partial charge in [0.15, 0.2) is 5.96 Å². The molecule has 1 aliphatic heterocycles. The topological polar surface area (TPSA) is 39.7 Å². The van der Waals surface area contributed by atoms with Gasteiger partial charge in [0, 0.05) is 50.7 Å². The SMILES string of the molecule is CN=C(NCC(C)c1ccc(F)cc1F)NC1CCN(C2CC2)CC1.I. The van der Waals surface area contributed by atoms with Gasteiger partial charge in [-0.2, -0.15) is 0 Å². The molecule has 1 aliphatic carbocycles. The number of rotatable bonds is 5. The number of hydrogen-bond donors (Lipinski definition) is 2. The Morgan fingerprint density at radius 3 is 2.50 bits per heavy atom. The van der Waals surface area contributed by atoms with Crippen molar-refractivity contribution in [3.8, 4) is 0 Å². The fourth-order valence-corrected chi connectivity index (χ4v) is 3.50. The van der Waals surface area contributed by atoms with E-state index in [2.05, 4.69) is 20.5 Å². The highest BCUT2D eigenvalue weighted by Crippen LogP contribution is 2.29. The van der Waals surface area contributed by atoms with Crippen molar-refractivity contribution in [1.29, 1.82) is 0 Å². The second kappa shape index (κ2) is 9.82. The number of likely N-dealkylation sites (tertiary alicyclic amines) is 1. The summed E-state index contributed by atoms with van der Waals surface area (Å²) >= 11 is 0. The molecule has 4 nitrogen and oxygen atoms in total. The average molecular weight is 478 g/mol. The third-order valence-corrected chi connectivity index (χ3v) is 5.23. The van der Waals surface area contributed by atoms with Gasteiger partial charge < -0.3 is 15.5 Å². The number of hydrogen-bond acceptors (Lipinski definition) is 2. The molecule has 1 saturated heterocycles. The fourth-order valence-electron chi connectivity index (χ4n) is 3.50. The van der Waals surface area contributed by atoms with Gasteiger partial charge in [0.2, 0.25) is 0 Å². The van der Waals surface area contributed by atoms with Crippen molar-refractivity contribution in [3.63, 3.8) is 0 Å². The number of guanidine groups is 1. The molecular formula is C19H29F2IN4. The van der Waals surface area contributed by atoms with Crippen LogP contribution in [0.3, 0.4) is 0 Å². The third-order valence-electron chi connectivity index (χ3n) is 5.23. The molecule has 1 saturated carbocycles. The van der Waals surface area contributed by atoms with Crippen LogP contribution in [0.4, 0.5) is 8.78 Å². The molecule has 0 aromatic heterocycles. The summed E-state index contributed by atoms with van der Waals surface area (Å²) in [4.78, 5) is 6.87. The molecule has 146 valence electrons. The number of aliphatic imine (C=N–C) groups is 1. The predicted molar refractivity (Wildman–Crippen MR) is 112 cm³/mol. The Labute approximate surface area is 171 Å². The van der Waals surface area contributed by atoms with Crippen molar-refractivity contribution < 1.29 is 8.78 Å². The van der Waals surface area contributed by atoms with Crippen LogP contribution >= 0.6 is 24.0 Å². The largest absolute Gasteiger partial charge is 0.356 e. The Morgan fingerprint density at radius 1 is 1.23 bits per heavy atom. The van der Waals surface area contributed by atoms with Crippen molar-refractivity contribution in [2.24, 2.45) is 4.99 Å². The van der Waals surface area contributed by atoms with E-state index in [4.69, 9.17) is 0 Å². The molecular weight excluding hydrogens is 449 g/mol. The molecule has 1 heterocycles. The lowest BCUT2D eigenvalue weighted by molar-refractivity contribution is 0.197. The molecule has 26 heavy (non-hydrogen) atoms. The van der Waals surface area contributed by atoms with Gasteiger partial charge in [0.1, 0.15) is 11.6 Å². The van der Waals surface area contributed by atoms with Gasteiger partial charge in [-0.15, -0.1) is 24.0 Å². The lowest BCUT2D eigenvalue weighted by Gasteiger charge is -2.33. The van der Waals surface area contributed by atoms with E-state index in [0.29, 0.717) is 18.2 Å². The van der Waals surface area contributed by atoms with Gasteiger partial charge in [0.05, 0.1) is 0 Å². The summed E-state index contributed by atoms with van der Waals surface area (Å²) in [6.07, 6.45) is 4.97. The Hall–Kier alpha value is -0.960. The maximum Gasteiger partial charge on any atom is 0.191 e. The van der Waals surface area contributed by atoms with Crippen molar-refractivity contribution in [1.82, 2.24) is 15.5 Å². The highest BCUT2D eigenvalue weighted by molar-refractivity contribution is 14.0. The van der Waals surface area contributed by atoms with Crippen LogP contribution in [0.2, 0.25) is 0 Å². The van der Waals surface area contributed by atoms with Crippen molar-refractivity contribution in [3.05, 3.63) is 35.4 Å². The monoisotopic (exact) mass is 478 g/mol. The molecule has 1 aromatic rings. The molecule has 0 spiro atoms. The van der Waals surface area contributed by atoms with E-state index in [1.54, 1.807) is 7.05 Å². The normalized spacial score (nSPS) is 20.4. The Bertz CT molecular complexity index is 614. The fraction of sp³-hybridized carbons (Fsp3) is 0.632. The minimum atomic E-state index is -0.545. The Balaban J connectivity index is 0.00000243. The zero-order valence-corrected chi connectivity index (χ0v) is 17.8. The van der Waals surface area contributed by atoms with Crippen LogP contribution in [0.1, 0.15) is 44.1 Å². The van der Waals surface area contributed by atoms with E-state index in [-0.39, 0.29) is 29.9 Å². The summed E-state index contributed by atoms with van der Waals surface area (Å²) in [5.41, 5.74) is 0.516. The minimum Gasteiger partial charge on any atom is -0.356 e. The minimum absolute atomic E-state index is 0. The van der Waals surface area contributed by atoms with Gasteiger partial charge in [-0.05, 0) is 37.3 Å². The summed E-state index contributed by atoms with van der Waals surface area (Å²) in [5, 5.41) is 6.74. The quantitative estimate of drug-likeness (QED) is 0.387. The first-order valence-corrected chi connectivity index (χ1v) is 9.23. The van der Waals surface area contributed by atoms with Crippen LogP contribution in [0.5, 0.6) is 0 Å². The summed E-state index contributed by atoms with van der Waals surface area (Å²) < 4.78 is 26.9. The summed E-state index contributed by atoms with van der Waals surface area (Å²) in [6, 6.07) is 5.02. The number of nitrogens with one attached hydrogen (secondary N) is 2. The zero-order chi connectivity index (χ0) is 17.8. The molecule has 0 radical (unpaired) electrons. The summed E-state index contributed by atoms with van der Waals surface area (Å²) in [7, 11) is 1.75. The van der Waals surface area contributed by atoms with Crippen LogP contribution in [-0.4, -0.2) is 49.6 Å². The van der Waals surface area contributed by atoms with E-state index >= 15 is 0 Å². The number of piperidine rings is 1. The van der Waals surface area contributed by atoms with E-state index in [0.717, 1.165) is 44.0 Å². The number of benzene rings is 1. The standard InChI is InChI=1S/C19H28F2N4.HI/c1-13(17-6-3-14(20)11-18(17)21)12-23-19(22-2)24-15-7-9-25(10-8-15)16-4-5-16;/h3,6,11,13,15-16H,4-5,7-10,12H2,1-2H3,(H2,22,23,24);1H. The summed E-state index contributed by atoms with van der Waals surface area (Å²) in [5.74, 6) is -0.365. The molecule has 0 bridgehead atoms. The van der Waals surface area contributed by atoms with Gasteiger partial charge in [-0.1, -0.05) is 13.0 Å². The molecule has 2 aliphatic rings. The first-order valence-electron chi connectivity index (χ1n) is 9.23. The lowest BCUT2D eigenvalue weighted by atomic mass is 10.0. The van der Waals surface area contributed by atoms with Crippen LogP contribution in [0.25, 0.3) is 0 Å². The zero-order valence-electron chi connectivity index (χ0n) is 15.5. The second-order valence-corrected chi connectivity index (χ2v) is 7.21. The van der Waals surface area contributed by atoms with E-state index in [1.807, 2.05) is 6.92 Å². The Kier molecular flexibility index (Phi) is 8.06. The van der Waals surface area contributed by atoms with Crippen LogP contribution in [0.15, 0.2) is 23.2 Å². The summed E-state index contributed by atoms with van der Waals surface area (Å²) in [6.45, 7) is 4.76. The van der Waals surface area contributed by atoms with E-state index in [9.17, 15) is 8.78 Å². The van der Waals surface area contributed by atoms with Crippen molar-refractivity contribution >= 4 is 29.9 Å². The molecule has 7 heteroatoms. The molecule has 2 N–H and O–H groups in total. The van der Waals surface area contributed by atoms with Gasteiger partial charge in [-0.25, -0.2) is 8.78 Å². The van der Waals surface area contributed by atoms with Crippen LogP contribution < -0.4 is 10.6 Å². The molecule has 2 fully saturated rings. The van der Waals surface area contributed by atoms with E-state index < -0.39 is 11.6 Å². The highest BCUT2D eigenvalue weighted by Gasteiger charge is 2.31. The van der Waals surface area contributed by atoms with Crippen LogP contribution in [-0.2, 0) is 0 Å². The second-order valence-electron chi connectivity index (χ2n) is 7.21. The highest BCUT2D eigenvalue weighted by atomic mass is 127. The first-order chi connectivity index (χ1) is 12.1. The maximum atomic E-state index is 13.9. The Morgan fingerprint density at radius 2 is 1.92 bits per heavy atom. The van der Waals surface area contributed by atoms with Gasteiger partial charge in [0.25, 0.3) is 0 Å². The molecule has 0 amide bonds. The molecule has 1 aromatic carbocycles. The van der Waals surface area contributed by atoms with E-state index in [1.165, 1.54) is 25.0 Å². The third kappa shape index (κ3) is 5.77. The smallest absolute Gasteiger partial charge is 0.191 e. The first kappa shape index (κ1) is 21.3. The van der Waals surface area contributed by atoms with Crippen molar-refractivity contribution in [2.75, 3.05) is 26.7 Å². The predicted octanol–water partition coefficient (Wildman–Crippen LogP) is 3.48. The van der Waals surface area contributed by atoms with Gasteiger partial charge in [-0.3, -0.25) is 4.99 Å². The number of halogens is 3. The number of nitrogens with zero attached hydrogens (tertiary/aromatic N) is 2. The van der Waals surface area contributed by atoms with Crippen LogP contribution in [0, 0.1) is 11.6 Å². The molecule has 1 atom stereocenters. The molecule has 3 rings (SSSR count). The van der Waals surface area contributed by atoms with Gasteiger partial charge >= 0.3 is 0 Å². The van der Waals surface area contributed by atoms with Crippen molar-refractivity contribution in [2.45, 2.75) is 50.6 Å². The maximum absolute atomic E-state index is 13.9. The molecule has 1 unspecified atom stereocenters. The average Bonchev–Trinajstić information content (AvgIpc) is 3.44.